The molecule has 0 unspecified atom stereocenters. The van der Waals surface area contributed by atoms with Crippen LogP contribution >= 0.6 is 11.8 Å². The maximum Gasteiger partial charge on any atom is 0.188 e. The zero-order chi connectivity index (χ0) is 13.0. The Hall–Kier alpha value is -1.47. The second kappa shape index (κ2) is 5.92. The zero-order valence-electron chi connectivity index (χ0n) is 9.70. The molecule has 0 radical (unpaired) electrons. The highest BCUT2D eigenvalue weighted by atomic mass is 32.2. The van der Waals surface area contributed by atoms with Crippen LogP contribution in [0.5, 0.6) is 0 Å². The van der Waals surface area contributed by atoms with Crippen molar-refractivity contribution in [2.45, 2.75) is 23.5 Å². The van der Waals surface area contributed by atoms with Gasteiger partial charge in [0.25, 0.3) is 0 Å². The number of rotatable bonds is 5. The molecule has 0 aliphatic rings. The first-order chi connectivity index (χ1) is 8.70. The summed E-state index contributed by atoms with van der Waals surface area (Å²) in [5, 5.41) is 9.54. The van der Waals surface area contributed by atoms with E-state index in [1.54, 1.807) is 0 Å². The van der Waals surface area contributed by atoms with Crippen molar-refractivity contribution in [2.24, 2.45) is 0 Å². The highest BCUT2D eigenvalue weighted by molar-refractivity contribution is 7.99. The summed E-state index contributed by atoms with van der Waals surface area (Å²) in [6.07, 6.45) is 1.29. The van der Waals surface area contributed by atoms with Crippen LogP contribution in [-0.2, 0) is 6.54 Å². The molecule has 2 N–H and O–H groups in total. The van der Waals surface area contributed by atoms with E-state index < -0.39 is 11.6 Å². The van der Waals surface area contributed by atoms with Crippen molar-refractivity contribution in [2.75, 3.05) is 6.54 Å². The molecule has 1 heterocycles. The molecule has 0 amide bonds. The summed E-state index contributed by atoms with van der Waals surface area (Å²) in [4.78, 5) is 3.74. The fourth-order valence-corrected chi connectivity index (χ4v) is 2.13. The van der Waals surface area contributed by atoms with Gasteiger partial charge in [0.1, 0.15) is 18.0 Å². The molecule has 0 atom stereocenters. The standard InChI is InChI=1S/C11H12F2N4S/c1-2-14-5-7-3-8(12)10(9(13)4-7)18-11-15-6-16-17-11/h3-4,6,14H,2,5H2,1H3,(H,15,16,17). The van der Waals surface area contributed by atoms with Gasteiger partial charge in [-0.15, -0.1) is 0 Å². The van der Waals surface area contributed by atoms with Crippen LogP contribution < -0.4 is 5.32 Å². The minimum Gasteiger partial charge on any atom is -0.313 e. The quantitative estimate of drug-likeness (QED) is 0.875. The highest BCUT2D eigenvalue weighted by Gasteiger charge is 2.14. The molecule has 0 fully saturated rings. The lowest BCUT2D eigenvalue weighted by Gasteiger charge is -2.07. The van der Waals surface area contributed by atoms with E-state index >= 15 is 0 Å². The molecule has 0 bridgehead atoms. The van der Waals surface area contributed by atoms with Crippen molar-refractivity contribution in [3.63, 3.8) is 0 Å². The number of nitrogens with one attached hydrogen (secondary N) is 2. The van der Waals surface area contributed by atoms with Crippen molar-refractivity contribution < 1.29 is 8.78 Å². The van der Waals surface area contributed by atoms with E-state index in [9.17, 15) is 8.78 Å². The molecular formula is C11H12F2N4S. The normalized spacial score (nSPS) is 10.8. The Bertz CT molecular complexity index is 493. The number of aromatic nitrogens is 3. The molecule has 0 saturated heterocycles. The molecule has 1 aromatic carbocycles. The molecule has 0 saturated carbocycles. The van der Waals surface area contributed by atoms with Gasteiger partial charge >= 0.3 is 0 Å². The van der Waals surface area contributed by atoms with Gasteiger partial charge in [-0.05, 0) is 36.0 Å². The van der Waals surface area contributed by atoms with E-state index in [-0.39, 0.29) is 4.90 Å². The minimum absolute atomic E-state index is 0.0769. The average Bonchev–Trinajstić information content (AvgIpc) is 2.84. The SMILES string of the molecule is CCNCc1cc(F)c(Sc2ncn[nH]2)c(F)c1. The number of nitrogens with zero attached hydrogens (tertiary/aromatic N) is 2. The molecule has 4 nitrogen and oxygen atoms in total. The zero-order valence-corrected chi connectivity index (χ0v) is 10.5. The van der Waals surface area contributed by atoms with Gasteiger partial charge in [-0.25, -0.2) is 13.8 Å². The van der Waals surface area contributed by atoms with Crippen molar-refractivity contribution in [3.05, 3.63) is 35.7 Å². The number of benzene rings is 1. The third kappa shape index (κ3) is 3.05. The number of halogens is 2. The summed E-state index contributed by atoms with van der Waals surface area (Å²) >= 11 is 0.880. The van der Waals surface area contributed by atoms with E-state index in [1.165, 1.54) is 18.5 Å². The average molecular weight is 270 g/mol. The van der Waals surface area contributed by atoms with Gasteiger partial charge in [0, 0.05) is 6.54 Å². The van der Waals surface area contributed by atoms with Crippen molar-refractivity contribution >= 4 is 11.8 Å². The third-order valence-electron chi connectivity index (χ3n) is 2.23. The second-order valence-corrected chi connectivity index (χ2v) is 4.56. The van der Waals surface area contributed by atoms with Crippen molar-refractivity contribution in [1.82, 2.24) is 20.5 Å². The van der Waals surface area contributed by atoms with Crippen LogP contribution in [0.3, 0.4) is 0 Å². The van der Waals surface area contributed by atoms with Gasteiger partial charge in [-0.3, -0.25) is 5.10 Å². The van der Waals surface area contributed by atoms with Gasteiger partial charge in [0.05, 0.1) is 4.90 Å². The van der Waals surface area contributed by atoms with Gasteiger partial charge in [-0.1, -0.05) is 6.92 Å². The predicted molar refractivity (Wildman–Crippen MR) is 64.2 cm³/mol. The predicted octanol–water partition coefficient (Wildman–Crippen LogP) is 2.34. The molecule has 96 valence electrons. The van der Waals surface area contributed by atoms with Gasteiger partial charge < -0.3 is 5.32 Å². The highest BCUT2D eigenvalue weighted by Crippen LogP contribution is 2.30. The smallest absolute Gasteiger partial charge is 0.188 e. The Morgan fingerprint density at radius 1 is 1.33 bits per heavy atom. The maximum absolute atomic E-state index is 13.8. The maximum atomic E-state index is 13.8. The molecular weight excluding hydrogens is 258 g/mol. The van der Waals surface area contributed by atoms with E-state index in [1.807, 2.05) is 6.92 Å². The Kier molecular flexibility index (Phi) is 4.27. The lowest BCUT2D eigenvalue weighted by atomic mass is 10.2. The summed E-state index contributed by atoms with van der Waals surface area (Å²) in [6, 6.07) is 2.65. The fraction of sp³-hybridized carbons (Fsp3) is 0.273. The Morgan fingerprint density at radius 2 is 2.06 bits per heavy atom. The number of aromatic amines is 1. The van der Waals surface area contributed by atoms with Crippen LogP contribution in [0.25, 0.3) is 0 Å². The molecule has 18 heavy (non-hydrogen) atoms. The molecule has 0 aliphatic carbocycles. The Morgan fingerprint density at radius 3 is 2.61 bits per heavy atom. The summed E-state index contributed by atoms with van der Waals surface area (Å²) in [6.45, 7) is 3.12. The van der Waals surface area contributed by atoms with E-state index in [0.29, 0.717) is 17.3 Å². The topological polar surface area (TPSA) is 53.6 Å². The summed E-state index contributed by atoms with van der Waals surface area (Å²) in [7, 11) is 0. The van der Waals surface area contributed by atoms with E-state index in [4.69, 9.17) is 0 Å². The molecule has 2 rings (SSSR count). The lowest BCUT2D eigenvalue weighted by molar-refractivity contribution is 0.534. The summed E-state index contributed by atoms with van der Waals surface area (Å²) in [5.41, 5.74) is 0.578. The fourth-order valence-electron chi connectivity index (χ4n) is 1.42. The molecule has 0 aliphatic heterocycles. The molecule has 1 aromatic heterocycles. The number of hydrogen-bond acceptors (Lipinski definition) is 4. The first-order valence-corrected chi connectivity index (χ1v) is 6.24. The van der Waals surface area contributed by atoms with Crippen LogP contribution in [0.15, 0.2) is 28.5 Å². The first-order valence-electron chi connectivity index (χ1n) is 5.42. The number of H-pyrrole nitrogens is 1. The molecule has 0 spiro atoms. The van der Waals surface area contributed by atoms with Crippen LogP contribution in [0.1, 0.15) is 12.5 Å². The van der Waals surface area contributed by atoms with E-state index in [2.05, 4.69) is 20.5 Å². The Balaban J connectivity index is 2.21. The van der Waals surface area contributed by atoms with Gasteiger partial charge in [0.15, 0.2) is 5.16 Å². The first kappa shape index (κ1) is 13.0. The molecule has 2 aromatic rings. The van der Waals surface area contributed by atoms with Gasteiger partial charge in [-0.2, -0.15) is 5.10 Å². The minimum atomic E-state index is -0.593. The van der Waals surface area contributed by atoms with E-state index in [0.717, 1.165) is 18.3 Å². The Labute approximate surface area is 107 Å². The number of hydrogen-bond donors (Lipinski definition) is 2. The second-order valence-electron chi connectivity index (χ2n) is 3.56. The van der Waals surface area contributed by atoms with Crippen LogP contribution in [-0.4, -0.2) is 21.7 Å². The van der Waals surface area contributed by atoms with Gasteiger partial charge in [0.2, 0.25) is 0 Å². The molecule has 7 heteroatoms. The van der Waals surface area contributed by atoms with Crippen LogP contribution in [0.4, 0.5) is 8.78 Å². The lowest BCUT2D eigenvalue weighted by Crippen LogP contribution is -2.12. The van der Waals surface area contributed by atoms with Crippen molar-refractivity contribution in [3.8, 4) is 0 Å². The monoisotopic (exact) mass is 270 g/mol. The van der Waals surface area contributed by atoms with Crippen molar-refractivity contribution in [1.29, 1.82) is 0 Å². The van der Waals surface area contributed by atoms with Crippen LogP contribution in [0.2, 0.25) is 0 Å². The largest absolute Gasteiger partial charge is 0.313 e. The third-order valence-corrected chi connectivity index (χ3v) is 3.21. The summed E-state index contributed by atoms with van der Waals surface area (Å²) in [5.74, 6) is -1.19. The van der Waals surface area contributed by atoms with Crippen LogP contribution in [0, 0.1) is 11.6 Å². The summed E-state index contributed by atoms with van der Waals surface area (Å²) < 4.78 is 27.6.